The summed E-state index contributed by atoms with van der Waals surface area (Å²) < 4.78 is 0. The fourth-order valence-corrected chi connectivity index (χ4v) is 3.81. The molecule has 0 bridgehead atoms. The van der Waals surface area contributed by atoms with E-state index in [4.69, 9.17) is 11.6 Å². The Morgan fingerprint density at radius 2 is 2.00 bits per heavy atom. The normalized spacial score (nSPS) is 27.2. The Morgan fingerprint density at radius 1 is 1.19 bits per heavy atom. The number of halogens is 1. The zero-order chi connectivity index (χ0) is 14.7. The van der Waals surface area contributed by atoms with E-state index < -0.39 is 0 Å². The molecule has 1 N–H and O–H groups in total. The van der Waals surface area contributed by atoms with Gasteiger partial charge in [0, 0.05) is 16.3 Å². The third-order valence-corrected chi connectivity index (χ3v) is 5.01. The van der Waals surface area contributed by atoms with Crippen molar-refractivity contribution in [1.82, 2.24) is 5.43 Å². The van der Waals surface area contributed by atoms with Gasteiger partial charge in [0.1, 0.15) is 0 Å². The Hall–Kier alpha value is -1.35. The standard InChI is InChI=1S/C17H21ClN2O/c18-15-7-3-6-14(10-15)17(21)20-19-16-9-8-12-4-1-2-5-13(12)11-16/h3,6-7,10,12-13H,1-2,4-5,8-9,11H2,(H,20,21)/b19-16-/t12-,13-/m1/s1. The minimum Gasteiger partial charge on any atom is -0.267 e. The molecule has 2 aliphatic rings. The molecule has 0 aromatic heterocycles. The summed E-state index contributed by atoms with van der Waals surface area (Å²) >= 11 is 5.90. The zero-order valence-electron chi connectivity index (χ0n) is 12.1. The highest BCUT2D eigenvalue weighted by Crippen LogP contribution is 2.39. The first-order valence-corrected chi connectivity index (χ1v) is 8.21. The summed E-state index contributed by atoms with van der Waals surface area (Å²) in [7, 11) is 0. The van der Waals surface area contributed by atoms with Crippen molar-refractivity contribution < 1.29 is 4.79 Å². The summed E-state index contributed by atoms with van der Waals surface area (Å²) in [4.78, 5) is 12.0. The minimum atomic E-state index is -0.184. The SMILES string of the molecule is O=C(N/N=C1/CC[C@H]2CCCC[C@@H]2C1)c1cccc(Cl)c1. The Kier molecular flexibility index (Phi) is 4.59. The minimum absolute atomic E-state index is 0.184. The van der Waals surface area contributed by atoms with Crippen molar-refractivity contribution in [2.24, 2.45) is 16.9 Å². The van der Waals surface area contributed by atoms with Crippen LogP contribution in [-0.4, -0.2) is 11.6 Å². The third kappa shape index (κ3) is 3.65. The molecule has 0 radical (unpaired) electrons. The second kappa shape index (κ2) is 6.61. The lowest BCUT2D eigenvalue weighted by molar-refractivity contribution is 0.0954. The van der Waals surface area contributed by atoms with Crippen LogP contribution in [0.5, 0.6) is 0 Å². The molecule has 3 rings (SSSR count). The van der Waals surface area contributed by atoms with Crippen molar-refractivity contribution in [3.8, 4) is 0 Å². The van der Waals surface area contributed by atoms with E-state index >= 15 is 0 Å². The Bertz CT molecular complexity index is 555. The van der Waals surface area contributed by atoms with Gasteiger partial charge < -0.3 is 0 Å². The lowest BCUT2D eigenvalue weighted by Gasteiger charge is -2.35. The smallest absolute Gasteiger partial charge is 0.267 e. The van der Waals surface area contributed by atoms with Gasteiger partial charge in [-0.25, -0.2) is 5.43 Å². The Labute approximate surface area is 130 Å². The van der Waals surface area contributed by atoms with Gasteiger partial charge in [-0.15, -0.1) is 0 Å². The van der Waals surface area contributed by atoms with E-state index in [1.165, 1.54) is 32.1 Å². The van der Waals surface area contributed by atoms with Crippen molar-refractivity contribution >= 4 is 23.2 Å². The van der Waals surface area contributed by atoms with Crippen molar-refractivity contribution in [2.45, 2.75) is 44.9 Å². The molecule has 1 amide bonds. The highest BCUT2D eigenvalue weighted by Gasteiger charge is 2.30. The number of hydrogen-bond donors (Lipinski definition) is 1. The molecular formula is C17H21ClN2O. The highest BCUT2D eigenvalue weighted by molar-refractivity contribution is 6.30. The molecule has 21 heavy (non-hydrogen) atoms. The van der Waals surface area contributed by atoms with Crippen LogP contribution in [0.4, 0.5) is 0 Å². The number of nitrogens with one attached hydrogen (secondary N) is 1. The summed E-state index contributed by atoms with van der Waals surface area (Å²) in [5.41, 5.74) is 4.38. The van der Waals surface area contributed by atoms with Gasteiger partial charge in [-0.05, 0) is 55.7 Å². The maximum Gasteiger partial charge on any atom is 0.271 e. The van der Waals surface area contributed by atoms with Gasteiger partial charge in [-0.3, -0.25) is 4.79 Å². The van der Waals surface area contributed by atoms with E-state index in [1.807, 2.05) is 0 Å². The van der Waals surface area contributed by atoms with E-state index in [0.29, 0.717) is 10.6 Å². The van der Waals surface area contributed by atoms with Crippen molar-refractivity contribution in [3.05, 3.63) is 34.9 Å². The molecule has 0 aliphatic heterocycles. The van der Waals surface area contributed by atoms with E-state index in [1.54, 1.807) is 24.3 Å². The van der Waals surface area contributed by atoms with E-state index in [-0.39, 0.29) is 5.91 Å². The van der Waals surface area contributed by atoms with Crippen LogP contribution in [0.15, 0.2) is 29.4 Å². The molecule has 2 saturated carbocycles. The lowest BCUT2D eigenvalue weighted by Crippen LogP contribution is -2.29. The van der Waals surface area contributed by atoms with Gasteiger partial charge in [-0.1, -0.05) is 36.9 Å². The zero-order valence-corrected chi connectivity index (χ0v) is 12.9. The molecule has 1 aromatic carbocycles. The van der Waals surface area contributed by atoms with Gasteiger partial charge in [-0.2, -0.15) is 5.10 Å². The molecule has 1 aromatic rings. The van der Waals surface area contributed by atoms with Gasteiger partial charge in [0.15, 0.2) is 0 Å². The number of amides is 1. The lowest BCUT2D eigenvalue weighted by atomic mass is 9.70. The van der Waals surface area contributed by atoms with E-state index in [9.17, 15) is 4.79 Å². The number of nitrogens with zero attached hydrogens (tertiary/aromatic N) is 1. The fraction of sp³-hybridized carbons (Fsp3) is 0.529. The van der Waals surface area contributed by atoms with Crippen LogP contribution in [0.3, 0.4) is 0 Å². The average Bonchev–Trinajstić information content (AvgIpc) is 2.52. The maximum absolute atomic E-state index is 12.0. The topological polar surface area (TPSA) is 41.5 Å². The maximum atomic E-state index is 12.0. The number of benzene rings is 1. The predicted molar refractivity (Wildman–Crippen MR) is 85.7 cm³/mol. The monoisotopic (exact) mass is 304 g/mol. The Morgan fingerprint density at radius 3 is 2.81 bits per heavy atom. The molecule has 0 saturated heterocycles. The largest absolute Gasteiger partial charge is 0.271 e. The van der Waals surface area contributed by atoms with Crippen LogP contribution in [-0.2, 0) is 0 Å². The summed E-state index contributed by atoms with van der Waals surface area (Å²) in [5.74, 6) is 1.49. The van der Waals surface area contributed by atoms with Crippen LogP contribution in [0.25, 0.3) is 0 Å². The molecule has 0 unspecified atom stereocenters. The second-order valence-electron chi connectivity index (χ2n) is 6.18. The van der Waals surface area contributed by atoms with Crippen LogP contribution >= 0.6 is 11.6 Å². The number of hydrogen-bond acceptors (Lipinski definition) is 2. The molecule has 0 heterocycles. The summed E-state index contributed by atoms with van der Waals surface area (Å²) in [6.07, 6.45) is 8.76. The van der Waals surface area contributed by atoms with Crippen molar-refractivity contribution in [2.75, 3.05) is 0 Å². The summed E-state index contributed by atoms with van der Waals surface area (Å²) in [6.45, 7) is 0. The molecule has 4 heteroatoms. The summed E-state index contributed by atoms with van der Waals surface area (Å²) in [6, 6.07) is 6.95. The van der Waals surface area contributed by atoms with Crippen LogP contribution in [0, 0.1) is 11.8 Å². The van der Waals surface area contributed by atoms with Crippen LogP contribution in [0.1, 0.15) is 55.3 Å². The average molecular weight is 305 g/mol. The molecule has 0 spiro atoms. The predicted octanol–water partition coefficient (Wildman–Crippen LogP) is 4.42. The second-order valence-corrected chi connectivity index (χ2v) is 6.61. The quantitative estimate of drug-likeness (QED) is 0.808. The first kappa shape index (κ1) is 14.6. The van der Waals surface area contributed by atoms with Gasteiger partial charge in [0.25, 0.3) is 5.91 Å². The van der Waals surface area contributed by atoms with Crippen LogP contribution < -0.4 is 5.43 Å². The van der Waals surface area contributed by atoms with Crippen LogP contribution in [0.2, 0.25) is 5.02 Å². The number of carbonyl (C=O) groups is 1. The number of rotatable bonds is 2. The Balaban J connectivity index is 1.60. The molecular weight excluding hydrogens is 284 g/mol. The molecule has 112 valence electrons. The molecule has 2 atom stereocenters. The fourth-order valence-electron chi connectivity index (χ4n) is 3.62. The molecule has 2 fully saturated rings. The van der Waals surface area contributed by atoms with E-state index in [0.717, 1.165) is 30.4 Å². The van der Waals surface area contributed by atoms with Crippen molar-refractivity contribution in [1.29, 1.82) is 0 Å². The number of fused-ring (bicyclic) bond motifs is 1. The first-order valence-electron chi connectivity index (χ1n) is 7.84. The van der Waals surface area contributed by atoms with Gasteiger partial charge in [0.05, 0.1) is 0 Å². The molecule has 2 aliphatic carbocycles. The summed E-state index contributed by atoms with van der Waals surface area (Å²) in [5, 5.41) is 4.92. The highest BCUT2D eigenvalue weighted by atomic mass is 35.5. The first-order chi connectivity index (χ1) is 10.2. The molecule has 3 nitrogen and oxygen atoms in total. The van der Waals surface area contributed by atoms with Gasteiger partial charge in [0.2, 0.25) is 0 Å². The van der Waals surface area contributed by atoms with E-state index in [2.05, 4.69) is 10.5 Å². The third-order valence-electron chi connectivity index (χ3n) is 4.77. The van der Waals surface area contributed by atoms with Gasteiger partial charge >= 0.3 is 0 Å². The van der Waals surface area contributed by atoms with Crippen molar-refractivity contribution in [3.63, 3.8) is 0 Å². The number of carbonyl (C=O) groups excluding carboxylic acids is 1. The number of hydrazone groups is 1.